The van der Waals surface area contributed by atoms with Crippen LogP contribution >= 0.6 is 15.9 Å². The molecule has 0 unspecified atom stereocenters. The van der Waals surface area contributed by atoms with Gasteiger partial charge in [-0.1, -0.05) is 0 Å². The number of hydrogen-bond acceptors (Lipinski definition) is 4. The molecule has 16 heavy (non-hydrogen) atoms. The van der Waals surface area contributed by atoms with Crippen molar-refractivity contribution in [2.45, 2.75) is 12.8 Å². The van der Waals surface area contributed by atoms with Gasteiger partial charge in [-0.2, -0.15) is 0 Å². The fourth-order valence-corrected chi connectivity index (χ4v) is 1.49. The first-order valence-corrected chi connectivity index (χ1v) is 5.67. The number of carbonyl (C=O) groups excluding carboxylic acids is 1. The van der Waals surface area contributed by atoms with E-state index in [9.17, 15) is 4.79 Å². The van der Waals surface area contributed by atoms with E-state index in [0.717, 1.165) is 4.47 Å². The van der Waals surface area contributed by atoms with Crippen LogP contribution in [0.15, 0.2) is 22.7 Å². The van der Waals surface area contributed by atoms with Crippen molar-refractivity contribution in [3.63, 3.8) is 0 Å². The number of hydrogen-bond donors (Lipinski definition) is 1. The van der Waals surface area contributed by atoms with Crippen molar-refractivity contribution in [2.75, 3.05) is 19.5 Å². The Morgan fingerprint density at radius 2 is 2.25 bits per heavy atom. The molecule has 0 bridgehead atoms. The fourth-order valence-electron chi connectivity index (χ4n) is 1.13. The van der Waals surface area contributed by atoms with E-state index in [4.69, 9.17) is 10.5 Å². The average molecular weight is 288 g/mol. The minimum Gasteiger partial charge on any atom is -0.492 e. The lowest BCUT2D eigenvalue weighted by Crippen LogP contribution is -2.05. The van der Waals surface area contributed by atoms with Crippen molar-refractivity contribution in [2.24, 2.45) is 0 Å². The molecule has 4 nitrogen and oxygen atoms in total. The Hall–Kier alpha value is -1.23. The second kappa shape index (κ2) is 6.37. The minimum atomic E-state index is -0.227. The molecule has 1 aromatic carbocycles. The van der Waals surface area contributed by atoms with E-state index >= 15 is 0 Å². The number of benzene rings is 1. The highest BCUT2D eigenvalue weighted by Gasteiger charge is 2.03. The molecule has 0 aliphatic heterocycles. The largest absolute Gasteiger partial charge is 0.492 e. The first-order valence-electron chi connectivity index (χ1n) is 4.88. The third-order valence-electron chi connectivity index (χ3n) is 1.97. The third-order valence-corrected chi connectivity index (χ3v) is 2.62. The van der Waals surface area contributed by atoms with Crippen LogP contribution in [-0.4, -0.2) is 19.7 Å². The molecular formula is C11H14BrNO3. The van der Waals surface area contributed by atoms with Gasteiger partial charge in [0.25, 0.3) is 0 Å². The topological polar surface area (TPSA) is 61.5 Å². The summed E-state index contributed by atoms with van der Waals surface area (Å²) in [6, 6.07) is 5.35. The number of halogens is 1. The van der Waals surface area contributed by atoms with Gasteiger partial charge >= 0.3 is 5.97 Å². The molecule has 0 spiro atoms. The van der Waals surface area contributed by atoms with Crippen LogP contribution in [0.3, 0.4) is 0 Å². The van der Waals surface area contributed by atoms with E-state index in [-0.39, 0.29) is 5.97 Å². The highest BCUT2D eigenvalue weighted by Crippen LogP contribution is 2.27. The summed E-state index contributed by atoms with van der Waals surface area (Å²) in [5.41, 5.74) is 6.27. The second-order valence-corrected chi connectivity index (χ2v) is 4.07. The van der Waals surface area contributed by atoms with E-state index in [1.807, 2.05) is 6.07 Å². The van der Waals surface area contributed by atoms with Crippen LogP contribution in [-0.2, 0) is 9.53 Å². The molecular weight excluding hydrogens is 274 g/mol. The van der Waals surface area contributed by atoms with Crippen molar-refractivity contribution < 1.29 is 14.3 Å². The fraction of sp³-hybridized carbons (Fsp3) is 0.364. The van der Waals surface area contributed by atoms with Crippen LogP contribution in [0.25, 0.3) is 0 Å². The number of nitrogens with two attached hydrogens (primary N) is 1. The number of carbonyl (C=O) groups is 1. The van der Waals surface area contributed by atoms with Gasteiger partial charge in [0.2, 0.25) is 0 Å². The van der Waals surface area contributed by atoms with Crippen LogP contribution < -0.4 is 10.5 Å². The van der Waals surface area contributed by atoms with Gasteiger partial charge in [-0.25, -0.2) is 0 Å². The Bertz CT molecular complexity index is 368. The summed E-state index contributed by atoms with van der Waals surface area (Å²) in [5.74, 6) is 0.458. The predicted molar refractivity (Wildman–Crippen MR) is 65.3 cm³/mol. The highest BCUT2D eigenvalue weighted by atomic mass is 79.9. The van der Waals surface area contributed by atoms with Gasteiger partial charge in [-0.05, 0) is 34.5 Å². The Morgan fingerprint density at radius 3 is 2.94 bits per heavy atom. The Labute approximate surface area is 103 Å². The summed E-state index contributed by atoms with van der Waals surface area (Å²) in [5, 5.41) is 0. The van der Waals surface area contributed by atoms with Crippen molar-refractivity contribution >= 4 is 27.6 Å². The van der Waals surface area contributed by atoms with Gasteiger partial charge < -0.3 is 15.2 Å². The molecule has 2 N–H and O–H groups in total. The quantitative estimate of drug-likeness (QED) is 0.513. The SMILES string of the molecule is COC(=O)CCCOc1cc(N)ccc1Br. The molecule has 0 saturated carbocycles. The number of rotatable bonds is 5. The zero-order chi connectivity index (χ0) is 12.0. The maximum atomic E-state index is 10.8. The Balaban J connectivity index is 2.37. The molecule has 0 saturated heterocycles. The summed E-state index contributed by atoms with van der Waals surface area (Å²) in [4.78, 5) is 10.8. The second-order valence-electron chi connectivity index (χ2n) is 3.22. The van der Waals surface area contributed by atoms with Crippen LogP contribution in [0.2, 0.25) is 0 Å². The van der Waals surface area contributed by atoms with E-state index in [0.29, 0.717) is 30.9 Å². The number of nitrogen functional groups attached to an aromatic ring is 1. The maximum Gasteiger partial charge on any atom is 0.305 e. The first kappa shape index (κ1) is 12.8. The third kappa shape index (κ3) is 4.10. The molecule has 0 atom stereocenters. The first-order chi connectivity index (χ1) is 7.63. The standard InChI is InChI=1S/C11H14BrNO3/c1-15-11(14)3-2-6-16-10-7-8(13)4-5-9(10)12/h4-5,7H,2-3,6,13H2,1H3. The Morgan fingerprint density at radius 1 is 1.50 bits per heavy atom. The lowest BCUT2D eigenvalue weighted by molar-refractivity contribution is -0.140. The smallest absolute Gasteiger partial charge is 0.305 e. The molecule has 1 rings (SSSR count). The van der Waals surface area contributed by atoms with Crippen LogP contribution in [0, 0.1) is 0 Å². The van der Waals surface area contributed by atoms with Crippen molar-refractivity contribution in [3.8, 4) is 5.75 Å². The molecule has 88 valence electrons. The Kier molecular flexibility index (Phi) is 5.11. The predicted octanol–water partition coefficient (Wildman–Crippen LogP) is 2.36. The summed E-state index contributed by atoms with van der Waals surface area (Å²) >= 11 is 3.35. The van der Waals surface area contributed by atoms with Crippen LogP contribution in [0.4, 0.5) is 5.69 Å². The van der Waals surface area contributed by atoms with Crippen molar-refractivity contribution in [3.05, 3.63) is 22.7 Å². The summed E-state index contributed by atoms with van der Waals surface area (Å²) in [7, 11) is 1.37. The number of ether oxygens (including phenoxy) is 2. The molecule has 0 amide bonds. The van der Waals surface area contributed by atoms with E-state index in [2.05, 4.69) is 20.7 Å². The van der Waals surface area contributed by atoms with E-state index < -0.39 is 0 Å². The maximum absolute atomic E-state index is 10.8. The monoisotopic (exact) mass is 287 g/mol. The zero-order valence-electron chi connectivity index (χ0n) is 9.03. The van der Waals surface area contributed by atoms with Crippen LogP contribution in [0.5, 0.6) is 5.75 Å². The lowest BCUT2D eigenvalue weighted by atomic mass is 10.3. The molecule has 1 aromatic rings. The number of methoxy groups -OCH3 is 1. The highest BCUT2D eigenvalue weighted by molar-refractivity contribution is 9.10. The molecule has 0 radical (unpaired) electrons. The molecule has 0 aliphatic carbocycles. The zero-order valence-corrected chi connectivity index (χ0v) is 10.6. The normalized spacial score (nSPS) is 9.88. The van der Waals surface area contributed by atoms with Gasteiger partial charge in [-0.15, -0.1) is 0 Å². The van der Waals surface area contributed by atoms with Gasteiger partial charge in [0.05, 0.1) is 18.2 Å². The van der Waals surface area contributed by atoms with Gasteiger partial charge in [-0.3, -0.25) is 4.79 Å². The van der Waals surface area contributed by atoms with Gasteiger partial charge in [0.1, 0.15) is 5.75 Å². The summed E-state index contributed by atoms with van der Waals surface area (Å²) in [6.45, 7) is 0.456. The summed E-state index contributed by atoms with van der Waals surface area (Å²) < 4.78 is 10.8. The van der Waals surface area contributed by atoms with E-state index in [1.165, 1.54) is 7.11 Å². The number of esters is 1. The summed E-state index contributed by atoms with van der Waals surface area (Å²) in [6.07, 6.45) is 0.977. The number of anilines is 1. The molecule has 0 aliphatic rings. The lowest BCUT2D eigenvalue weighted by Gasteiger charge is -2.08. The van der Waals surface area contributed by atoms with Crippen LogP contribution in [0.1, 0.15) is 12.8 Å². The van der Waals surface area contributed by atoms with Crippen molar-refractivity contribution in [1.29, 1.82) is 0 Å². The molecule has 0 heterocycles. The van der Waals surface area contributed by atoms with E-state index in [1.54, 1.807) is 12.1 Å². The average Bonchev–Trinajstić information content (AvgIpc) is 2.28. The van der Waals surface area contributed by atoms with Gasteiger partial charge in [0, 0.05) is 18.2 Å². The van der Waals surface area contributed by atoms with Crippen molar-refractivity contribution in [1.82, 2.24) is 0 Å². The molecule has 0 aromatic heterocycles. The van der Waals surface area contributed by atoms with Gasteiger partial charge in [0.15, 0.2) is 0 Å². The molecule has 0 fully saturated rings. The minimum absolute atomic E-state index is 0.227. The molecule has 5 heteroatoms.